The Kier molecular flexibility index (Phi) is 4.62. The van der Waals surface area contributed by atoms with Crippen LogP contribution in [0.5, 0.6) is 0 Å². The summed E-state index contributed by atoms with van der Waals surface area (Å²) >= 11 is 11.9. The Morgan fingerprint density at radius 2 is 1.95 bits per heavy atom. The molecule has 0 radical (unpaired) electrons. The van der Waals surface area contributed by atoms with E-state index < -0.39 is 0 Å². The van der Waals surface area contributed by atoms with E-state index in [1.165, 1.54) is 0 Å². The first kappa shape index (κ1) is 15.3. The Labute approximate surface area is 138 Å². The zero-order chi connectivity index (χ0) is 15.5. The maximum Gasteiger partial charge on any atom is 0.274 e. The number of amides is 1. The third-order valence-corrected chi connectivity index (χ3v) is 4.06. The third kappa shape index (κ3) is 3.24. The minimum atomic E-state index is -0.225. The van der Waals surface area contributed by atoms with E-state index in [4.69, 9.17) is 27.9 Å². The molecular weight excluding hydrogens is 323 g/mol. The van der Waals surface area contributed by atoms with Gasteiger partial charge in [-0.15, -0.1) is 0 Å². The molecule has 3 rings (SSSR count). The number of halogens is 2. The molecule has 0 saturated carbocycles. The van der Waals surface area contributed by atoms with Crippen LogP contribution in [0.1, 0.15) is 22.2 Å². The van der Waals surface area contributed by atoms with E-state index >= 15 is 0 Å². The minimum absolute atomic E-state index is 0.142. The van der Waals surface area contributed by atoms with Crippen LogP contribution in [0.3, 0.4) is 0 Å². The maximum absolute atomic E-state index is 12.6. The number of pyridine rings is 1. The smallest absolute Gasteiger partial charge is 0.274 e. The number of carbonyl (C=O) groups is 1. The molecule has 0 bridgehead atoms. The Balaban J connectivity index is 1.80. The van der Waals surface area contributed by atoms with Gasteiger partial charge in [0.1, 0.15) is 17.0 Å². The Morgan fingerprint density at radius 3 is 2.73 bits per heavy atom. The lowest BCUT2D eigenvalue weighted by molar-refractivity contribution is -0.0230. The number of aromatic nitrogens is 1. The van der Waals surface area contributed by atoms with Crippen molar-refractivity contribution in [2.75, 3.05) is 19.7 Å². The van der Waals surface area contributed by atoms with E-state index in [-0.39, 0.29) is 22.9 Å². The topological polar surface area (TPSA) is 42.4 Å². The molecule has 114 valence electrons. The molecule has 0 aliphatic carbocycles. The van der Waals surface area contributed by atoms with Crippen LogP contribution in [-0.2, 0) is 4.74 Å². The van der Waals surface area contributed by atoms with Crippen LogP contribution in [0, 0.1) is 0 Å². The maximum atomic E-state index is 12.6. The Bertz CT molecular complexity index is 679. The average Bonchev–Trinajstić information content (AvgIpc) is 2.57. The second-order valence-electron chi connectivity index (χ2n) is 4.99. The summed E-state index contributed by atoms with van der Waals surface area (Å²) in [5, 5.41) is 0.553. The molecule has 0 spiro atoms. The number of nitrogens with zero attached hydrogens (tertiary/aromatic N) is 2. The Hall–Kier alpha value is -1.62. The summed E-state index contributed by atoms with van der Waals surface area (Å²) in [4.78, 5) is 18.4. The zero-order valence-corrected chi connectivity index (χ0v) is 13.2. The van der Waals surface area contributed by atoms with Crippen molar-refractivity contribution in [3.8, 4) is 0 Å². The number of rotatable bonds is 2. The molecule has 1 unspecified atom stereocenters. The fourth-order valence-corrected chi connectivity index (χ4v) is 2.75. The number of morpholine rings is 1. The molecule has 22 heavy (non-hydrogen) atoms. The van der Waals surface area contributed by atoms with E-state index in [1.54, 1.807) is 17.0 Å². The highest BCUT2D eigenvalue weighted by atomic mass is 35.5. The fraction of sp³-hybridized carbons (Fsp3) is 0.250. The molecule has 1 aromatic heterocycles. The third-order valence-electron chi connectivity index (χ3n) is 3.54. The monoisotopic (exact) mass is 336 g/mol. The molecule has 6 heteroatoms. The van der Waals surface area contributed by atoms with Gasteiger partial charge in [0.2, 0.25) is 0 Å². The van der Waals surface area contributed by atoms with Crippen molar-refractivity contribution in [1.82, 2.24) is 9.88 Å². The standard InChI is InChI=1S/C16H14Cl2N2O2/c17-12-6-7-14(18)19-15(12)16(21)20-8-9-22-13(10-20)11-4-2-1-3-5-11/h1-7,13H,8-10H2. The SMILES string of the molecule is O=C(c1nc(Cl)ccc1Cl)N1CCOC(c2ccccc2)C1. The van der Waals surface area contributed by atoms with Gasteiger partial charge in [0.25, 0.3) is 5.91 Å². The van der Waals surface area contributed by atoms with Crippen LogP contribution in [-0.4, -0.2) is 35.5 Å². The van der Waals surface area contributed by atoms with Crippen LogP contribution in [0.25, 0.3) is 0 Å². The first-order valence-corrected chi connectivity index (χ1v) is 7.68. The molecule has 2 heterocycles. The van der Waals surface area contributed by atoms with Gasteiger partial charge < -0.3 is 9.64 Å². The normalized spacial score (nSPS) is 18.3. The quantitative estimate of drug-likeness (QED) is 0.787. The van der Waals surface area contributed by atoms with Crippen molar-refractivity contribution in [1.29, 1.82) is 0 Å². The van der Waals surface area contributed by atoms with Crippen LogP contribution in [0.15, 0.2) is 42.5 Å². The van der Waals surface area contributed by atoms with Gasteiger partial charge in [-0.1, -0.05) is 53.5 Å². The second-order valence-corrected chi connectivity index (χ2v) is 5.78. The van der Waals surface area contributed by atoms with Crippen LogP contribution >= 0.6 is 23.2 Å². The predicted molar refractivity (Wildman–Crippen MR) is 85.3 cm³/mol. The van der Waals surface area contributed by atoms with Crippen molar-refractivity contribution in [2.24, 2.45) is 0 Å². The van der Waals surface area contributed by atoms with Crippen LogP contribution in [0.4, 0.5) is 0 Å². The molecular formula is C16H14Cl2N2O2. The molecule has 2 aromatic rings. The van der Waals surface area contributed by atoms with Gasteiger partial charge >= 0.3 is 0 Å². The predicted octanol–water partition coefficient (Wildman–Crippen LogP) is 3.60. The highest BCUT2D eigenvalue weighted by Crippen LogP contribution is 2.25. The highest BCUT2D eigenvalue weighted by Gasteiger charge is 2.28. The summed E-state index contributed by atoms with van der Waals surface area (Å²) in [6.07, 6.45) is -0.142. The number of benzene rings is 1. The fourth-order valence-electron chi connectivity index (χ4n) is 2.42. The largest absolute Gasteiger partial charge is 0.370 e. The molecule has 1 amide bonds. The van der Waals surface area contributed by atoms with E-state index in [0.717, 1.165) is 5.56 Å². The molecule has 1 saturated heterocycles. The van der Waals surface area contributed by atoms with Gasteiger partial charge in [-0.25, -0.2) is 4.98 Å². The van der Waals surface area contributed by atoms with Gasteiger partial charge in [0, 0.05) is 6.54 Å². The first-order valence-electron chi connectivity index (χ1n) is 6.93. The second kappa shape index (κ2) is 6.65. The summed E-state index contributed by atoms with van der Waals surface area (Å²) in [7, 11) is 0. The molecule has 4 nitrogen and oxygen atoms in total. The van der Waals surface area contributed by atoms with Gasteiger partial charge in [-0.3, -0.25) is 4.79 Å². The van der Waals surface area contributed by atoms with Crippen molar-refractivity contribution in [3.05, 3.63) is 63.9 Å². The van der Waals surface area contributed by atoms with E-state index in [0.29, 0.717) is 24.7 Å². The van der Waals surface area contributed by atoms with Crippen molar-refractivity contribution >= 4 is 29.1 Å². The first-order chi connectivity index (χ1) is 10.6. The molecule has 0 N–H and O–H groups in total. The molecule has 1 aromatic carbocycles. The summed E-state index contributed by atoms with van der Waals surface area (Å²) in [5.41, 5.74) is 1.23. The molecule has 1 atom stereocenters. The number of hydrogen-bond donors (Lipinski definition) is 0. The van der Waals surface area contributed by atoms with Gasteiger partial charge in [0.15, 0.2) is 0 Å². The highest BCUT2D eigenvalue weighted by molar-refractivity contribution is 6.34. The lowest BCUT2D eigenvalue weighted by Crippen LogP contribution is -2.42. The van der Waals surface area contributed by atoms with Crippen LogP contribution < -0.4 is 0 Å². The van der Waals surface area contributed by atoms with Crippen molar-refractivity contribution < 1.29 is 9.53 Å². The van der Waals surface area contributed by atoms with Crippen LogP contribution in [0.2, 0.25) is 10.2 Å². The summed E-state index contributed by atoms with van der Waals surface area (Å²) < 4.78 is 5.76. The summed E-state index contributed by atoms with van der Waals surface area (Å²) in [5.74, 6) is -0.225. The number of carbonyl (C=O) groups excluding carboxylic acids is 1. The number of ether oxygens (including phenoxy) is 1. The van der Waals surface area contributed by atoms with E-state index in [1.807, 2.05) is 30.3 Å². The van der Waals surface area contributed by atoms with Gasteiger partial charge in [0.05, 0.1) is 18.2 Å². The molecule has 1 aliphatic heterocycles. The van der Waals surface area contributed by atoms with Crippen molar-refractivity contribution in [2.45, 2.75) is 6.10 Å². The minimum Gasteiger partial charge on any atom is -0.370 e. The Morgan fingerprint density at radius 1 is 1.18 bits per heavy atom. The lowest BCUT2D eigenvalue weighted by Gasteiger charge is -2.33. The lowest BCUT2D eigenvalue weighted by atomic mass is 10.1. The van der Waals surface area contributed by atoms with E-state index in [2.05, 4.69) is 4.98 Å². The zero-order valence-electron chi connectivity index (χ0n) is 11.7. The van der Waals surface area contributed by atoms with Gasteiger partial charge in [-0.05, 0) is 17.7 Å². The van der Waals surface area contributed by atoms with Crippen molar-refractivity contribution in [3.63, 3.8) is 0 Å². The molecule has 1 aliphatic rings. The van der Waals surface area contributed by atoms with E-state index in [9.17, 15) is 4.79 Å². The van der Waals surface area contributed by atoms with Gasteiger partial charge in [-0.2, -0.15) is 0 Å². The average molecular weight is 337 g/mol. The summed E-state index contributed by atoms with van der Waals surface area (Å²) in [6.45, 7) is 1.45. The molecule has 1 fully saturated rings. The number of hydrogen-bond acceptors (Lipinski definition) is 3. The summed E-state index contributed by atoms with van der Waals surface area (Å²) in [6, 6.07) is 13.0.